The molecule has 0 heterocycles. The molecular formula is C18H26FNO7S. The Bertz CT molecular complexity index is 873. The molecule has 0 saturated heterocycles. The van der Waals surface area contributed by atoms with Crippen LogP contribution in [-0.2, 0) is 31.3 Å². The molecule has 1 aromatic rings. The van der Waals surface area contributed by atoms with Gasteiger partial charge in [-0.1, -0.05) is 3.89 Å². The largest absolute Gasteiger partial charge is 0.488 e. The lowest BCUT2D eigenvalue weighted by atomic mass is 9.92. The quantitative estimate of drug-likeness (QED) is 0.530. The van der Waals surface area contributed by atoms with Crippen LogP contribution in [0, 0.1) is 20.8 Å². The Balaban J connectivity index is 3.28. The van der Waals surface area contributed by atoms with Gasteiger partial charge in [-0.05, 0) is 58.2 Å². The molecule has 0 fully saturated rings. The number of benzene rings is 1. The van der Waals surface area contributed by atoms with Crippen molar-refractivity contribution in [3.05, 3.63) is 27.8 Å². The van der Waals surface area contributed by atoms with Crippen molar-refractivity contribution in [2.45, 2.75) is 53.7 Å². The third kappa shape index (κ3) is 6.45. The fraction of sp³-hybridized carbons (Fsp3) is 0.556. The van der Waals surface area contributed by atoms with Crippen molar-refractivity contribution in [2.75, 3.05) is 13.7 Å². The van der Waals surface area contributed by atoms with Gasteiger partial charge in [0.15, 0.2) is 5.75 Å². The van der Waals surface area contributed by atoms with E-state index in [0.29, 0.717) is 16.7 Å². The Hall–Kier alpha value is -2.20. The van der Waals surface area contributed by atoms with Gasteiger partial charge in [-0.2, -0.15) is 8.42 Å². The zero-order chi connectivity index (χ0) is 21.9. The summed E-state index contributed by atoms with van der Waals surface area (Å²) < 4.78 is 49.6. The van der Waals surface area contributed by atoms with E-state index >= 15 is 0 Å². The molecule has 0 aliphatic heterocycles. The number of esters is 2. The fourth-order valence-corrected chi connectivity index (χ4v) is 3.26. The Morgan fingerprint density at radius 2 is 1.64 bits per heavy atom. The van der Waals surface area contributed by atoms with E-state index in [1.165, 1.54) is 21.0 Å². The molecule has 0 aromatic heterocycles. The number of halogens is 1. The first-order valence-corrected chi connectivity index (χ1v) is 9.76. The van der Waals surface area contributed by atoms with E-state index < -0.39 is 28.0 Å². The average Bonchev–Trinajstić information content (AvgIpc) is 2.52. The molecule has 0 saturated carbocycles. The third-order valence-corrected chi connectivity index (χ3v) is 4.27. The van der Waals surface area contributed by atoms with Crippen molar-refractivity contribution in [3.8, 4) is 5.75 Å². The number of nitrogens with one attached hydrogen (secondary N) is 1. The van der Waals surface area contributed by atoms with Crippen LogP contribution in [0.3, 0.4) is 0 Å². The monoisotopic (exact) mass is 419 g/mol. The van der Waals surface area contributed by atoms with Gasteiger partial charge in [0, 0.05) is 12.1 Å². The Morgan fingerprint density at radius 3 is 2.11 bits per heavy atom. The molecule has 28 heavy (non-hydrogen) atoms. The average molecular weight is 419 g/mol. The first-order valence-electron chi connectivity index (χ1n) is 8.45. The van der Waals surface area contributed by atoms with Crippen LogP contribution in [0.4, 0.5) is 3.89 Å². The Morgan fingerprint density at radius 1 is 1.07 bits per heavy atom. The van der Waals surface area contributed by atoms with Gasteiger partial charge >= 0.3 is 22.4 Å². The highest BCUT2D eigenvalue weighted by Crippen LogP contribution is 2.34. The lowest BCUT2D eigenvalue weighted by Crippen LogP contribution is -2.31. The molecule has 0 radical (unpaired) electrons. The van der Waals surface area contributed by atoms with Crippen molar-refractivity contribution in [2.24, 2.45) is 0 Å². The number of carbonyl (C=O) groups is 2. The first kappa shape index (κ1) is 23.8. The third-order valence-electron chi connectivity index (χ3n) is 3.90. The van der Waals surface area contributed by atoms with E-state index in [1.807, 2.05) is 0 Å². The minimum Gasteiger partial charge on any atom is -0.465 e. The second kappa shape index (κ2) is 8.87. The summed E-state index contributed by atoms with van der Waals surface area (Å²) in [6.07, 6.45) is 0. The van der Waals surface area contributed by atoms with Gasteiger partial charge in [0.1, 0.15) is 5.60 Å². The Labute approximate surface area is 164 Å². The lowest BCUT2D eigenvalue weighted by molar-refractivity contribution is -0.153. The summed E-state index contributed by atoms with van der Waals surface area (Å²) in [6.45, 7) is 9.80. The molecule has 0 aliphatic rings. The second-order valence-electron chi connectivity index (χ2n) is 7.22. The highest BCUT2D eigenvalue weighted by atomic mass is 32.3. The molecule has 10 heteroatoms. The second-order valence-corrected chi connectivity index (χ2v) is 8.17. The van der Waals surface area contributed by atoms with Crippen LogP contribution in [0.15, 0.2) is 0 Å². The lowest BCUT2D eigenvalue weighted by Gasteiger charge is -2.21. The van der Waals surface area contributed by atoms with Gasteiger partial charge in [0.25, 0.3) is 0 Å². The summed E-state index contributed by atoms with van der Waals surface area (Å²) in [4.78, 5) is 24.0. The van der Waals surface area contributed by atoms with Crippen molar-refractivity contribution >= 4 is 22.4 Å². The number of ether oxygens (including phenoxy) is 2. The van der Waals surface area contributed by atoms with Gasteiger partial charge < -0.3 is 19.0 Å². The maximum Gasteiger partial charge on any atom is 0.488 e. The zero-order valence-electron chi connectivity index (χ0n) is 17.1. The van der Waals surface area contributed by atoms with E-state index in [-0.39, 0.29) is 30.0 Å². The van der Waals surface area contributed by atoms with Gasteiger partial charge in [-0.25, -0.2) is 4.79 Å². The molecule has 1 aromatic carbocycles. The normalized spacial score (nSPS) is 11.9. The molecule has 0 atom stereocenters. The molecule has 0 bridgehead atoms. The van der Waals surface area contributed by atoms with Gasteiger partial charge in [-0.3, -0.25) is 4.79 Å². The molecule has 1 rings (SSSR count). The molecule has 0 aliphatic carbocycles. The standard InChI is InChI=1S/C18H26FNO7S/c1-10-13(8-20-9-14(21)26-18(4,5)6)11(2)16(27-28(19,23)24)12(3)15(10)17(22)25-7/h20H,8-9H2,1-7H3. The number of hydrogen-bond acceptors (Lipinski definition) is 8. The highest BCUT2D eigenvalue weighted by molar-refractivity contribution is 7.81. The van der Waals surface area contributed by atoms with Crippen LogP contribution in [-0.4, -0.2) is 39.6 Å². The van der Waals surface area contributed by atoms with Crippen LogP contribution >= 0.6 is 0 Å². The van der Waals surface area contributed by atoms with Crippen molar-refractivity contribution in [3.63, 3.8) is 0 Å². The SMILES string of the molecule is COC(=O)c1c(C)c(CNCC(=O)OC(C)(C)C)c(C)c(OS(=O)(=O)F)c1C. The summed E-state index contributed by atoms with van der Waals surface area (Å²) in [7, 11) is -4.13. The summed E-state index contributed by atoms with van der Waals surface area (Å²) in [5.74, 6) is -1.49. The molecule has 0 unspecified atom stereocenters. The number of carbonyl (C=O) groups excluding carboxylic acids is 2. The van der Waals surface area contributed by atoms with Crippen LogP contribution < -0.4 is 9.50 Å². The molecule has 0 amide bonds. The van der Waals surface area contributed by atoms with Crippen molar-refractivity contribution < 1.29 is 35.5 Å². The first-order chi connectivity index (χ1) is 12.7. The minimum atomic E-state index is -5.30. The molecular weight excluding hydrogens is 393 g/mol. The van der Waals surface area contributed by atoms with Crippen LogP contribution in [0.25, 0.3) is 0 Å². The summed E-state index contributed by atoms with van der Waals surface area (Å²) in [5.41, 5.74) is 0.874. The summed E-state index contributed by atoms with van der Waals surface area (Å²) in [5, 5.41) is 2.87. The van der Waals surface area contributed by atoms with Gasteiger partial charge in [0.2, 0.25) is 0 Å². The van der Waals surface area contributed by atoms with Gasteiger partial charge in [0.05, 0.1) is 19.2 Å². The number of hydrogen-bond donors (Lipinski definition) is 1. The van der Waals surface area contributed by atoms with Crippen molar-refractivity contribution in [1.82, 2.24) is 5.32 Å². The fourth-order valence-electron chi connectivity index (χ4n) is 2.81. The van der Waals surface area contributed by atoms with Crippen LogP contribution in [0.2, 0.25) is 0 Å². The predicted molar refractivity (Wildman–Crippen MR) is 100 cm³/mol. The molecule has 0 spiro atoms. The summed E-state index contributed by atoms with van der Waals surface area (Å²) in [6, 6.07) is 0. The number of methoxy groups -OCH3 is 1. The molecule has 158 valence electrons. The maximum atomic E-state index is 13.2. The summed E-state index contributed by atoms with van der Waals surface area (Å²) >= 11 is 0. The van der Waals surface area contributed by atoms with E-state index in [4.69, 9.17) is 9.47 Å². The highest BCUT2D eigenvalue weighted by Gasteiger charge is 2.26. The van der Waals surface area contributed by atoms with Crippen LogP contribution in [0.5, 0.6) is 5.75 Å². The van der Waals surface area contributed by atoms with E-state index in [0.717, 1.165) is 0 Å². The van der Waals surface area contributed by atoms with Crippen molar-refractivity contribution in [1.29, 1.82) is 0 Å². The topological polar surface area (TPSA) is 108 Å². The molecule has 1 N–H and O–H groups in total. The molecule has 8 nitrogen and oxygen atoms in total. The maximum absolute atomic E-state index is 13.2. The smallest absolute Gasteiger partial charge is 0.465 e. The van der Waals surface area contributed by atoms with E-state index in [2.05, 4.69) is 9.50 Å². The zero-order valence-corrected chi connectivity index (χ0v) is 17.9. The van der Waals surface area contributed by atoms with E-state index in [1.54, 1.807) is 27.7 Å². The predicted octanol–water partition coefficient (Wildman–Crippen LogP) is 2.42. The van der Waals surface area contributed by atoms with E-state index in [9.17, 15) is 21.9 Å². The minimum absolute atomic E-state index is 0.0702. The van der Waals surface area contributed by atoms with Gasteiger partial charge in [-0.15, -0.1) is 0 Å². The Kier molecular flexibility index (Phi) is 7.55. The number of rotatable bonds is 7. The van der Waals surface area contributed by atoms with Crippen LogP contribution in [0.1, 0.15) is 53.4 Å².